The Morgan fingerprint density at radius 3 is 2.41 bits per heavy atom. The van der Waals surface area contributed by atoms with E-state index < -0.39 is 11.8 Å². The number of hydrogen-bond acceptors (Lipinski definition) is 7. The third-order valence-electron chi connectivity index (χ3n) is 7.89. The molecule has 0 radical (unpaired) electrons. The Kier molecular flexibility index (Phi) is 13.3. The fourth-order valence-electron chi connectivity index (χ4n) is 5.96. The summed E-state index contributed by atoms with van der Waals surface area (Å²) in [6.07, 6.45) is 13.4. The molecule has 0 aromatic heterocycles. The molecule has 0 aromatic carbocycles. The number of carbonyl (C=O) groups excluding carboxylic acids is 2. The van der Waals surface area contributed by atoms with Crippen molar-refractivity contribution in [3.8, 4) is 0 Å². The molecule has 3 aliphatic rings. The predicted molar refractivity (Wildman–Crippen MR) is 151 cm³/mol. The number of rotatable bonds is 15. The minimum Gasteiger partial charge on any atom is -0.466 e. The largest absolute Gasteiger partial charge is 0.466 e. The van der Waals surface area contributed by atoms with Gasteiger partial charge in [0, 0.05) is 18.9 Å². The molecule has 3 fully saturated rings. The first-order valence-electron chi connectivity index (χ1n) is 14.6. The molecule has 2 aliphatic heterocycles. The van der Waals surface area contributed by atoms with Crippen LogP contribution in [0.3, 0.4) is 0 Å². The van der Waals surface area contributed by atoms with Crippen LogP contribution in [0, 0.1) is 11.8 Å². The van der Waals surface area contributed by atoms with Gasteiger partial charge in [-0.15, -0.1) is 0 Å². The van der Waals surface area contributed by atoms with Gasteiger partial charge >= 0.3 is 5.97 Å². The molecule has 2 heterocycles. The molecule has 0 bridgehead atoms. The summed E-state index contributed by atoms with van der Waals surface area (Å²) in [4.78, 5) is 24.6. The van der Waals surface area contributed by atoms with Gasteiger partial charge in [-0.25, -0.2) is 4.79 Å². The highest BCUT2D eigenvalue weighted by Gasteiger charge is 2.58. The molecule has 0 spiro atoms. The second-order valence-corrected chi connectivity index (χ2v) is 12.3. The molecule has 1 saturated carbocycles. The lowest BCUT2D eigenvalue weighted by Crippen LogP contribution is -2.39. The van der Waals surface area contributed by atoms with Gasteiger partial charge in [-0.05, 0) is 70.8 Å². The van der Waals surface area contributed by atoms with Crippen LogP contribution in [0.1, 0.15) is 97.8 Å². The number of ether oxygens (including phenoxy) is 5. The number of halogens is 2. The van der Waals surface area contributed by atoms with Crippen molar-refractivity contribution >= 4 is 35.0 Å². The van der Waals surface area contributed by atoms with E-state index >= 15 is 0 Å². The van der Waals surface area contributed by atoms with Gasteiger partial charge in [0.1, 0.15) is 10.6 Å². The molecule has 1 unspecified atom stereocenters. The molecule has 39 heavy (non-hydrogen) atoms. The summed E-state index contributed by atoms with van der Waals surface area (Å²) in [5.74, 6) is -0.969. The van der Waals surface area contributed by atoms with Gasteiger partial charge < -0.3 is 23.7 Å². The van der Waals surface area contributed by atoms with E-state index in [0.717, 1.165) is 64.2 Å². The topological polar surface area (TPSA) is 80.3 Å². The number of hydrogen-bond donors (Lipinski definition) is 0. The van der Waals surface area contributed by atoms with Crippen molar-refractivity contribution in [2.75, 3.05) is 13.7 Å². The highest BCUT2D eigenvalue weighted by Crippen LogP contribution is 2.49. The van der Waals surface area contributed by atoms with Crippen molar-refractivity contribution in [3.63, 3.8) is 0 Å². The highest BCUT2D eigenvalue weighted by atomic mass is 35.5. The summed E-state index contributed by atoms with van der Waals surface area (Å²) in [5, 5.41) is 0. The molecular formula is C30H46Cl2O7. The number of methoxy groups -OCH3 is 1. The Morgan fingerprint density at radius 1 is 1.00 bits per heavy atom. The smallest absolute Gasteiger partial charge is 0.336 e. The van der Waals surface area contributed by atoms with Crippen molar-refractivity contribution in [3.05, 3.63) is 22.2 Å². The van der Waals surface area contributed by atoms with Gasteiger partial charge in [0.25, 0.3) is 0 Å². The fourth-order valence-corrected chi connectivity index (χ4v) is 6.31. The standard InChI is InChI=1S/C30H46Cl2O7/c1-5-6-8-13-20(33)17-18-22-21(14-9-7-10-15-23(28(31)32)29(34)35-4)25(37-24-16-11-12-19-36-24)27-26(22)38-30(2,3)39-27/h17-18,21-22,24-27H,5-16,19H2,1-4H3/t21-,22-,24?,25-,26+,27-/m1/s1. The summed E-state index contributed by atoms with van der Waals surface area (Å²) < 4.78 is 30.1. The maximum atomic E-state index is 12.6. The van der Waals surface area contributed by atoms with Crippen molar-refractivity contribution in [1.82, 2.24) is 0 Å². The lowest BCUT2D eigenvalue weighted by atomic mass is 9.87. The first-order valence-corrected chi connectivity index (χ1v) is 15.4. The quantitative estimate of drug-likeness (QED) is 0.114. The number of unbranched alkanes of at least 4 members (excludes halogenated alkanes) is 4. The molecule has 3 rings (SSSR count). The van der Waals surface area contributed by atoms with E-state index in [1.165, 1.54) is 7.11 Å². The zero-order valence-corrected chi connectivity index (χ0v) is 25.4. The molecule has 9 heteroatoms. The molecule has 222 valence electrons. The molecule has 0 aromatic rings. The Hall–Kier alpha value is -0.960. The van der Waals surface area contributed by atoms with E-state index in [1.54, 1.807) is 6.08 Å². The van der Waals surface area contributed by atoms with Crippen molar-refractivity contribution in [2.24, 2.45) is 11.8 Å². The molecule has 1 aliphatic carbocycles. The first kappa shape index (κ1) is 32.6. The van der Waals surface area contributed by atoms with Crippen LogP contribution in [0.25, 0.3) is 0 Å². The zero-order chi connectivity index (χ0) is 28.4. The van der Waals surface area contributed by atoms with E-state index in [9.17, 15) is 9.59 Å². The van der Waals surface area contributed by atoms with Crippen LogP contribution in [0.5, 0.6) is 0 Å². The van der Waals surface area contributed by atoms with Crippen molar-refractivity contribution in [2.45, 2.75) is 128 Å². The van der Waals surface area contributed by atoms with Crippen molar-refractivity contribution in [1.29, 1.82) is 0 Å². The van der Waals surface area contributed by atoms with Gasteiger partial charge in [0.05, 0.1) is 24.9 Å². The Bertz CT molecular complexity index is 861. The lowest BCUT2D eigenvalue weighted by molar-refractivity contribution is -0.230. The van der Waals surface area contributed by atoms with Gasteiger partial charge in [0.15, 0.2) is 17.9 Å². The third-order valence-corrected chi connectivity index (χ3v) is 8.34. The zero-order valence-electron chi connectivity index (χ0n) is 23.9. The first-order chi connectivity index (χ1) is 18.7. The number of carbonyl (C=O) groups is 2. The summed E-state index contributed by atoms with van der Waals surface area (Å²) in [7, 11) is 1.32. The lowest BCUT2D eigenvalue weighted by Gasteiger charge is -2.33. The van der Waals surface area contributed by atoms with Gasteiger partial charge in [-0.1, -0.05) is 61.9 Å². The summed E-state index contributed by atoms with van der Waals surface area (Å²) in [6.45, 7) is 6.70. The van der Waals surface area contributed by atoms with Crippen LogP contribution < -0.4 is 0 Å². The summed E-state index contributed by atoms with van der Waals surface area (Å²) >= 11 is 11.8. The SMILES string of the molecule is CCCCCC(=O)C=C[C@@H]1[C@@H](CCCCCC(C(=O)OC)=C(Cl)Cl)[C@@H](OC2CCCCO2)[C@H]2OC(C)(C)O[C@@H]12. The number of fused-ring (bicyclic) bond motifs is 1. The average Bonchev–Trinajstić information content (AvgIpc) is 3.35. The van der Waals surface area contributed by atoms with Crippen LogP contribution >= 0.6 is 23.2 Å². The maximum absolute atomic E-state index is 12.6. The fraction of sp³-hybridized carbons (Fsp3) is 0.800. The van der Waals surface area contributed by atoms with Gasteiger partial charge in [-0.2, -0.15) is 0 Å². The van der Waals surface area contributed by atoms with E-state index in [0.29, 0.717) is 25.0 Å². The Labute approximate surface area is 243 Å². The second kappa shape index (κ2) is 15.9. The summed E-state index contributed by atoms with van der Waals surface area (Å²) in [5.41, 5.74) is 0.304. The predicted octanol–water partition coefficient (Wildman–Crippen LogP) is 7.18. The maximum Gasteiger partial charge on any atom is 0.336 e. The highest BCUT2D eigenvalue weighted by molar-refractivity contribution is 6.57. The van der Waals surface area contributed by atoms with Crippen LogP contribution in [0.2, 0.25) is 0 Å². The molecule has 0 N–H and O–H groups in total. The average molecular weight is 590 g/mol. The molecule has 7 nitrogen and oxygen atoms in total. The summed E-state index contributed by atoms with van der Waals surface area (Å²) in [6, 6.07) is 0. The van der Waals surface area contributed by atoms with Crippen LogP contribution in [-0.2, 0) is 33.3 Å². The minimum absolute atomic E-state index is 0.0108. The Balaban J connectivity index is 1.71. The Morgan fingerprint density at radius 2 is 1.74 bits per heavy atom. The second-order valence-electron chi connectivity index (χ2n) is 11.3. The van der Waals surface area contributed by atoms with Crippen LogP contribution in [-0.4, -0.2) is 55.9 Å². The number of allylic oxidation sites excluding steroid dienone is 1. The van der Waals surface area contributed by atoms with Crippen LogP contribution in [0.15, 0.2) is 22.2 Å². The van der Waals surface area contributed by atoms with Gasteiger partial charge in [0.2, 0.25) is 0 Å². The number of ketones is 1. The van der Waals surface area contributed by atoms with E-state index in [1.807, 2.05) is 19.9 Å². The normalized spacial score (nSPS) is 29.9. The molecular weight excluding hydrogens is 543 g/mol. The van der Waals surface area contributed by atoms with Crippen molar-refractivity contribution < 1.29 is 33.3 Å². The van der Waals surface area contributed by atoms with Gasteiger partial charge in [-0.3, -0.25) is 4.79 Å². The van der Waals surface area contributed by atoms with Crippen LogP contribution in [0.4, 0.5) is 0 Å². The minimum atomic E-state index is -0.718. The molecule has 2 saturated heterocycles. The molecule has 0 amide bonds. The van der Waals surface area contributed by atoms with E-state index in [2.05, 4.69) is 6.92 Å². The monoisotopic (exact) mass is 588 g/mol. The molecule has 6 atom stereocenters. The van der Waals surface area contributed by atoms with E-state index in [-0.39, 0.29) is 46.7 Å². The van der Waals surface area contributed by atoms with E-state index in [4.69, 9.17) is 46.9 Å². The third kappa shape index (κ3) is 9.54. The number of esters is 1.